The second-order valence-electron chi connectivity index (χ2n) is 7.62. The standard InChI is InChI=1S/C21H32N2O2/c1-22-13-10-19(11-14-22)17-23(15-12-18-7-3-2-4-8-18)21(24)20-9-5-6-16-25-20/h2-4,7-8,19-20H,5-6,9-17H2,1H3/t20-/m0/s1. The number of ether oxygens (including phenoxy) is 1. The van der Waals surface area contributed by atoms with Crippen LogP contribution in [0.2, 0.25) is 0 Å². The highest BCUT2D eigenvalue weighted by atomic mass is 16.5. The van der Waals surface area contributed by atoms with Crippen LogP contribution in [0, 0.1) is 5.92 Å². The Balaban J connectivity index is 1.60. The summed E-state index contributed by atoms with van der Waals surface area (Å²) in [6.45, 7) is 4.71. The van der Waals surface area contributed by atoms with Crippen LogP contribution in [0.5, 0.6) is 0 Å². The summed E-state index contributed by atoms with van der Waals surface area (Å²) in [5.41, 5.74) is 1.30. The average Bonchev–Trinajstić information content (AvgIpc) is 2.67. The first kappa shape index (κ1) is 18.4. The molecule has 2 heterocycles. The average molecular weight is 344 g/mol. The van der Waals surface area contributed by atoms with Gasteiger partial charge in [-0.3, -0.25) is 4.79 Å². The van der Waals surface area contributed by atoms with Crippen LogP contribution in [0.3, 0.4) is 0 Å². The lowest BCUT2D eigenvalue weighted by Crippen LogP contribution is -2.46. The SMILES string of the molecule is CN1CCC(CN(CCc2ccccc2)C(=O)[C@@H]2CCCCO2)CC1. The van der Waals surface area contributed by atoms with Gasteiger partial charge in [-0.05, 0) is 70.1 Å². The zero-order valence-corrected chi connectivity index (χ0v) is 15.5. The van der Waals surface area contributed by atoms with Gasteiger partial charge in [-0.25, -0.2) is 0 Å². The summed E-state index contributed by atoms with van der Waals surface area (Å²) in [5, 5.41) is 0. The van der Waals surface area contributed by atoms with E-state index < -0.39 is 0 Å². The molecule has 138 valence electrons. The van der Waals surface area contributed by atoms with Gasteiger partial charge in [0.05, 0.1) is 0 Å². The molecule has 0 aliphatic carbocycles. The number of likely N-dealkylation sites (tertiary alicyclic amines) is 1. The van der Waals surface area contributed by atoms with E-state index in [0.717, 1.165) is 58.5 Å². The van der Waals surface area contributed by atoms with Crippen LogP contribution in [0.25, 0.3) is 0 Å². The van der Waals surface area contributed by atoms with E-state index in [4.69, 9.17) is 4.74 Å². The van der Waals surface area contributed by atoms with Gasteiger partial charge in [0.25, 0.3) is 5.91 Å². The molecule has 2 fully saturated rings. The Bertz CT molecular complexity index is 520. The first-order chi connectivity index (χ1) is 12.2. The minimum Gasteiger partial charge on any atom is -0.368 e. The van der Waals surface area contributed by atoms with E-state index in [9.17, 15) is 4.79 Å². The molecule has 1 aromatic carbocycles. The second kappa shape index (κ2) is 9.35. The molecular weight excluding hydrogens is 312 g/mol. The quantitative estimate of drug-likeness (QED) is 0.795. The molecule has 2 saturated heterocycles. The molecule has 0 spiro atoms. The van der Waals surface area contributed by atoms with Crippen molar-refractivity contribution in [1.29, 1.82) is 0 Å². The van der Waals surface area contributed by atoms with Crippen LogP contribution in [-0.2, 0) is 16.0 Å². The van der Waals surface area contributed by atoms with E-state index in [-0.39, 0.29) is 12.0 Å². The summed E-state index contributed by atoms with van der Waals surface area (Å²) in [6, 6.07) is 10.5. The maximum absolute atomic E-state index is 13.0. The minimum absolute atomic E-state index is 0.212. The van der Waals surface area contributed by atoms with Gasteiger partial charge in [0.2, 0.25) is 0 Å². The molecule has 1 atom stereocenters. The molecule has 4 nitrogen and oxygen atoms in total. The summed E-state index contributed by atoms with van der Waals surface area (Å²) < 4.78 is 5.78. The minimum atomic E-state index is -0.212. The normalized spacial score (nSPS) is 22.7. The van der Waals surface area contributed by atoms with Crippen molar-refractivity contribution >= 4 is 5.91 Å². The van der Waals surface area contributed by atoms with Crippen molar-refractivity contribution in [2.45, 2.75) is 44.6 Å². The van der Waals surface area contributed by atoms with Crippen molar-refractivity contribution in [2.24, 2.45) is 5.92 Å². The van der Waals surface area contributed by atoms with Crippen molar-refractivity contribution in [3.63, 3.8) is 0 Å². The van der Waals surface area contributed by atoms with Crippen LogP contribution >= 0.6 is 0 Å². The predicted molar refractivity (Wildman–Crippen MR) is 101 cm³/mol. The van der Waals surface area contributed by atoms with E-state index in [1.165, 1.54) is 18.4 Å². The lowest BCUT2D eigenvalue weighted by Gasteiger charge is -2.35. The van der Waals surface area contributed by atoms with Crippen LogP contribution in [0.4, 0.5) is 0 Å². The summed E-state index contributed by atoms with van der Waals surface area (Å²) in [7, 11) is 2.18. The summed E-state index contributed by atoms with van der Waals surface area (Å²) >= 11 is 0. The predicted octanol–water partition coefficient (Wildman–Crippen LogP) is 2.97. The molecular formula is C21H32N2O2. The van der Waals surface area contributed by atoms with Crippen molar-refractivity contribution in [3.8, 4) is 0 Å². The fourth-order valence-electron chi connectivity index (χ4n) is 3.90. The van der Waals surface area contributed by atoms with Gasteiger partial charge >= 0.3 is 0 Å². The van der Waals surface area contributed by atoms with Crippen LogP contribution in [0.15, 0.2) is 30.3 Å². The molecule has 3 rings (SSSR count). The van der Waals surface area contributed by atoms with Gasteiger partial charge in [0, 0.05) is 19.7 Å². The van der Waals surface area contributed by atoms with E-state index in [2.05, 4.69) is 41.1 Å². The zero-order chi connectivity index (χ0) is 17.5. The van der Waals surface area contributed by atoms with Gasteiger partial charge in [0.1, 0.15) is 6.10 Å². The van der Waals surface area contributed by atoms with Crippen LogP contribution in [0.1, 0.15) is 37.7 Å². The molecule has 0 bridgehead atoms. The number of piperidine rings is 1. The van der Waals surface area contributed by atoms with Gasteiger partial charge < -0.3 is 14.5 Å². The highest BCUT2D eigenvalue weighted by Gasteiger charge is 2.29. The number of rotatable bonds is 6. The highest BCUT2D eigenvalue weighted by molar-refractivity contribution is 5.81. The number of benzene rings is 1. The molecule has 0 saturated carbocycles. The highest BCUT2D eigenvalue weighted by Crippen LogP contribution is 2.21. The van der Waals surface area contributed by atoms with Crippen molar-refractivity contribution in [2.75, 3.05) is 39.8 Å². The Hall–Kier alpha value is -1.39. The molecule has 0 radical (unpaired) electrons. The van der Waals surface area contributed by atoms with E-state index >= 15 is 0 Å². The largest absolute Gasteiger partial charge is 0.368 e. The van der Waals surface area contributed by atoms with Crippen molar-refractivity contribution < 1.29 is 9.53 Å². The molecule has 2 aliphatic rings. The number of amides is 1. The van der Waals surface area contributed by atoms with Gasteiger partial charge in [-0.1, -0.05) is 30.3 Å². The molecule has 0 N–H and O–H groups in total. The van der Waals surface area contributed by atoms with Crippen LogP contribution in [-0.4, -0.2) is 61.6 Å². The third-order valence-electron chi connectivity index (χ3n) is 5.60. The van der Waals surface area contributed by atoms with Gasteiger partial charge in [-0.2, -0.15) is 0 Å². The first-order valence-electron chi connectivity index (χ1n) is 9.85. The molecule has 2 aliphatic heterocycles. The number of nitrogens with zero attached hydrogens (tertiary/aromatic N) is 2. The van der Waals surface area contributed by atoms with E-state index in [1.807, 2.05) is 6.07 Å². The Kier molecular flexibility index (Phi) is 6.88. The number of hydrogen-bond acceptors (Lipinski definition) is 3. The maximum atomic E-state index is 13.0. The second-order valence-corrected chi connectivity index (χ2v) is 7.62. The van der Waals surface area contributed by atoms with Crippen molar-refractivity contribution in [3.05, 3.63) is 35.9 Å². The Morgan fingerprint density at radius 2 is 1.92 bits per heavy atom. The fourth-order valence-corrected chi connectivity index (χ4v) is 3.90. The number of carbonyl (C=O) groups excluding carboxylic acids is 1. The molecule has 4 heteroatoms. The van der Waals surface area contributed by atoms with E-state index in [0.29, 0.717) is 5.92 Å². The third kappa shape index (κ3) is 5.55. The Morgan fingerprint density at radius 3 is 2.60 bits per heavy atom. The van der Waals surface area contributed by atoms with Gasteiger partial charge in [0.15, 0.2) is 0 Å². The lowest BCUT2D eigenvalue weighted by molar-refractivity contribution is -0.147. The van der Waals surface area contributed by atoms with Gasteiger partial charge in [-0.15, -0.1) is 0 Å². The molecule has 1 aromatic rings. The Labute approximate surface area is 152 Å². The zero-order valence-electron chi connectivity index (χ0n) is 15.5. The van der Waals surface area contributed by atoms with Crippen LogP contribution < -0.4 is 0 Å². The smallest absolute Gasteiger partial charge is 0.251 e. The maximum Gasteiger partial charge on any atom is 0.251 e. The number of carbonyl (C=O) groups is 1. The first-order valence-corrected chi connectivity index (χ1v) is 9.85. The lowest BCUT2D eigenvalue weighted by atomic mass is 9.95. The summed E-state index contributed by atoms with van der Waals surface area (Å²) in [4.78, 5) is 17.5. The molecule has 25 heavy (non-hydrogen) atoms. The van der Waals surface area contributed by atoms with Crippen molar-refractivity contribution in [1.82, 2.24) is 9.80 Å². The van der Waals surface area contributed by atoms with E-state index in [1.54, 1.807) is 0 Å². The summed E-state index contributed by atoms with van der Waals surface area (Å²) in [6.07, 6.45) is 6.17. The topological polar surface area (TPSA) is 32.8 Å². The monoisotopic (exact) mass is 344 g/mol. The fraction of sp³-hybridized carbons (Fsp3) is 0.667. The molecule has 0 unspecified atom stereocenters. The molecule has 1 amide bonds. The number of hydrogen-bond donors (Lipinski definition) is 0. The third-order valence-corrected chi connectivity index (χ3v) is 5.60. The molecule has 0 aromatic heterocycles. The summed E-state index contributed by atoms with van der Waals surface area (Å²) in [5.74, 6) is 0.842. The Morgan fingerprint density at radius 1 is 1.16 bits per heavy atom.